The van der Waals surface area contributed by atoms with Gasteiger partial charge in [-0.25, -0.2) is 0 Å². The highest BCUT2D eigenvalue weighted by Crippen LogP contribution is 2.43. The molecule has 0 spiro atoms. The van der Waals surface area contributed by atoms with E-state index in [2.05, 4.69) is 4.90 Å². The predicted octanol–water partition coefficient (Wildman–Crippen LogP) is 2.45. The van der Waals surface area contributed by atoms with Crippen molar-refractivity contribution in [2.75, 3.05) is 40.5 Å². The highest BCUT2D eigenvalue weighted by Gasteiger charge is 2.39. The van der Waals surface area contributed by atoms with Crippen molar-refractivity contribution in [2.45, 2.75) is 44.8 Å². The van der Waals surface area contributed by atoms with Crippen molar-refractivity contribution in [1.29, 1.82) is 0 Å². The fourth-order valence-electron chi connectivity index (χ4n) is 4.86. The molecule has 1 N–H and O–H groups in total. The van der Waals surface area contributed by atoms with E-state index in [0.29, 0.717) is 37.5 Å². The number of hydrogen-bond acceptors (Lipinski definition) is 6. The molecule has 0 radical (unpaired) electrons. The van der Waals surface area contributed by atoms with E-state index in [-0.39, 0.29) is 29.8 Å². The molecule has 1 amide bonds. The monoisotopic (exact) mass is 402 g/mol. The van der Waals surface area contributed by atoms with Crippen LogP contribution in [0.25, 0.3) is 0 Å². The van der Waals surface area contributed by atoms with Crippen LogP contribution in [-0.4, -0.2) is 73.4 Å². The molecule has 7 heteroatoms. The molecule has 158 valence electrons. The maximum Gasteiger partial charge on any atom is 0.255 e. The lowest BCUT2D eigenvalue weighted by Crippen LogP contribution is -2.54. The number of fused-ring (bicyclic) bond motifs is 3. The summed E-state index contributed by atoms with van der Waals surface area (Å²) >= 11 is 0. The Kier molecular flexibility index (Phi) is 5.44. The Balaban J connectivity index is 1.63. The van der Waals surface area contributed by atoms with Crippen LogP contribution in [-0.2, 0) is 16.0 Å². The second-order valence-corrected chi connectivity index (χ2v) is 8.22. The average molecular weight is 402 g/mol. The highest BCUT2D eigenvalue weighted by atomic mass is 16.5. The zero-order valence-electron chi connectivity index (χ0n) is 17.6. The molecule has 0 aromatic heterocycles. The molecule has 3 heterocycles. The number of ether oxygens (including phenoxy) is 3. The van der Waals surface area contributed by atoms with Crippen LogP contribution in [0, 0.1) is 0 Å². The number of carbonyl (C=O) groups is 1. The molecule has 0 bridgehead atoms. The Morgan fingerprint density at radius 2 is 1.79 bits per heavy atom. The van der Waals surface area contributed by atoms with Gasteiger partial charge < -0.3 is 24.2 Å². The van der Waals surface area contributed by atoms with Crippen LogP contribution in [0.4, 0.5) is 0 Å². The zero-order chi connectivity index (χ0) is 20.7. The number of hydrogen-bond donors (Lipinski definition) is 1. The number of rotatable bonds is 3. The molecule has 1 fully saturated rings. The van der Waals surface area contributed by atoms with Crippen molar-refractivity contribution >= 4 is 5.91 Å². The van der Waals surface area contributed by atoms with Crippen molar-refractivity contribution in [3.8, 4) is 11.5 Å². The van der Waals surface area contributed by atoms with Gasteiger partial charge in [0.15, 0.2) is 11.5 Å². The third kappa shape index (κ3) is 3.46. The summed E-state index contributed by atoms with van der Waals surface area (Å²) in [6.07, 6.45) is 1.30. The largest absolute Gasteiger partial charge is 0.512 e. The maximum absolute atomic E-state index is 13.3. The van der Waals surface area contributed by atoms with Crippen LogP contribution in [0.2, 0.25) is 0 Å². The van der Waals surface area contributed by atoms with E-state index >= 15 is 0 Å². The summed E-state index contributed by atoms with van der Waals surface area (Å²) < 4.78 is 16.5. The molecule has 4 rings (SSSR count). The summed E-state index contributed by atoms with van der Waals surface area (Å²) in [5.74, 6) is 1.54. The lowest BCUT2D eigenvalue weighted by Gasteiger charge is -2.44. The summed E-state index contributed by atoms with van der Waals surface area (Å²) in [5.41, 5.74) is 2.87. The molecule has 0 aliphatic carbocycles. The van der Waals surface area contributed by atoms with Crippen LogP contribution in [0.15, 0.2) is 23.5 Å². The van der Waals surface area contributed by atoms with Crippen LogP contribution < -0.4 is 9.47 Å². The van der Waals surface area contributed by atoms with E-state index in [1.54, 1.807) is 14.2 Å². The summed E-state index contributed by atoms with van der Waals surface area (Å²) in [5, 5.41) is 10.9. The third-order valence-corrected chi connectivity index (χ3v) is 6.37. The van der Waals surface area contributed by atoms with E-state index in [4.69, 9.17) is 14.2 Å². The van der Waals surface area contributed by atoms with Crippen molar-refractivity contribution in [3.05, 3.63) is 34.6 Å². The lowest BCUT2D eigenvalue weighted by atomic mass is 9.86. The Hall–Kier alpha value is -2.25. The van der Waals surface area contributed by atoms with Gasteiger partial charge in [-0.3, -0.25) is 9.69 Å². The highest BCUT2D eigenvalue weighted by molar-refractivity contribution is 5.95. The van der Waals surface area contributed by atoms with E-state index in [1.807, 2.05) is 30.9 Å². The molecule has 3 atom stereocenters. The van der Waals surface area contributed by atoms with Gasteiger partial charge in [0, 0.05) is 25.6 Å². The first kappa shape index (κ1) is 20.0. The van der Waals surface area contributed by atoms with Gasteiger partial charge in [0.25, 0.3) is 5.91 Å². The topological polar surface area (TPSA) is 71.5 Å². The minimum atomic E-state index is -0.0673. The summed E-state index contributed by atoms with van der Waals surface area (Å²) in [4.78, 5) is 17.4. The first-order valence-electron chi connectivity index (χ1n) is 10.2. The molecule has 29 heavy (non-hydrogen) atoms. The molecule has 3 aliphatic rings. The summed E-state index contributed by atoms with van der Waals surface area (Å²) in [6.45, 7) is 6.35. The van der Waals surface area contributed by atoms with Crippen LogP contribution in [0.3, 0.4) is 0 Å². The number of aliphatic hydroxyl groups excluding tert-OH is 1. The second-order valence-electron chi connectivity index (χ2n) is 8.22. The Morgan fingerprint density at radius 1 is 1.14 bits per heavy atom. The van der Waals surface area contributed by atoms with E-state index in [1.165, 1.54) is 5.56 Å². The van der Waals surface area contributed by atoms with Gasteiger partial charge in [0.05, 0.1) is 45.1 Å². The van der Waals surface area contributed by atoms with Gasteiger partial charge >= 0.3 is 0 Å². The first-order valence-corrected chi connectivity index (χ1v) is 10.2. The molecular weight excluding hydrogens is 372 g/mol. The standard InChI is InChI=1S/C22H30N2O5/c1-13-11-29-12-14(2)24(13)22(26)17-10-23-6-5-15-7-20(27-3)21(28-4)8-16(15)18(23)9-19(17)25/h7-8,13-14,18,25H,5-6,9-12H2,1-4H3. The molecule has 3 unspecified atom stereocenters. The lowest BCUT2D eigenvalue weighted by molar-refractivity contribution is -0.140. The van der Waals surface area contributed by atoms with Crippen molar-refractivity contribution < 1.29 is 24.1 Å². The Bertz CT molecular complexity index is 827. The van der Waals surface area contributed by atoms with E-state index in [0.717, 1.165) is 24.3 Å². The predicted molar refractivity (Wildman–Crippen MR) is 108 cm³/mol. The molecule has 7 nitrogen and oxygen atoms in total. The number of methoxy groups -OCH3 is 2. The van der Waals surface area contributed by atoms with Crippen molar-refractivity contribution in [2.24, 2.45) is 0 Å². The molecule has 3 aliphatic heterocycles. The number of carbonyl (C=O) groups excluding carboxylic acids is 1. The number of nitrogens with zero attached hydrogens (tertiary/aromatic N) is 2. The number of benzene rings is 1. The second kappa shape index (κ2) is 7.88. The minimum absolute atomic E-state index is 0.00285. The number of amides is 1. The van der Waals surface area contributed by atoms with Gasteiger partial charge in [-0.15, -0.1) is 0 Å². The fourth-order valence-corrected chi connectivity index (χ4v) is 4.86. The number of morpholine rings is 1. The van der Waals surface area contributed by atoms with Crippen molar-refractivity contribution in [1.82, 2.24) is 9.80 Å². The number of aliphatic hydroxyl groups is 1. The smallest absolute Gasteiger partial charge is 0.255 e. The van der Waals surface area contributed by atoms with Gasteiger partial charge in [-0.05, 0) is 43.5 Å². The molecule has 1 aromatic rings. The molecule has 1 saturated heterocycles. The average Bonchev–Trinajstić information content (AvgIpc) is 2.71. The summed E-state index contributed by atoms with van der Waals surface area (Å²) in [6, 6.07) is 4.09. The van der Waals surface area contributed by atoms with E-state index in [9.17, 15) is 9.90 Å². The normalized spacial score (nSPS) is 27.3. The van der Waals surface area contributed by atoms with Crippen LogP contribution in [0.5, 0.6) is 11.5 Å². The Morgan fingerprint density at radius 3 is 2.45 bits per heavy atom. The van der Waals surface area contributed by atoms with Gasteiger partial charge in [0.2, 0.25) is 0 Å². The van der Waals surface area contributed by atoms with Gasteiger partial charge in [0.1, 0.15) is 5.76 Å². The molecular formula is C22H30N2O5. The zero-order valence-corrected chi connectivity index (χ0v) is 17.6. The van der Waals surface area contributed by atoms with E-state index < -0.39 is 0 Å². The van der Waals surface area contributed by atoms with Crippen LogP contribution in [0.1, 0.15) is 37.4 Å². The van der Waals surface area contributed by atoms with Gasteiger partial charge in [-0.2, -0.15) is 0 Å². The molecule has 0 saturated carbocycles. The third-order valence-electron chi connectivity index (χ3n) is 6.37. The first-order chi connectivity index (χ1) is 13.9. The SMILES string of the molecule is COc1cc2c(cc1OC)C1CC(O)=C(C(=O)N3C(C)COCC3C)CN1CC2. The Labute approximate surface area is 171 Å². The van der Waals surface area contributed by atoms with Crippen molar-refractivity contribution in [3.63, 3.8) is 0 Å². The quantitative estimate of drug-likeness (QED) is 0.838. The molecule has 1 aromatic carbocycles. The maximum atomic E-state index is 13.3. The van der Waals surface area contributed by atoms with Gasteiger partial charge in [-0.1, -0.05) is 0 Å². The fraction of sp³-hybridized carbons (Fsp3) is 0.591. The van der Waals surface area contributed by atoms with Crippen LogP contribution >= 0.6 is 0 Å². The minimum Gasteiger partial charge on any atom is -0.512 e. The summed E-state index contributed by atoms with van der Waals surface area (Å²) in [7, 11) is 3.27.